The number of alkyl halides is 1. The topological polar surface area (TPSA) is 32.7 Å². The Labute approximate surface area is 83.9 Å². The van der Waals surface area contributed by atoms with Gasteiger partial charge in [-0.25, -0.2) is 0 Å². The van der Waals surface area contributed by atoms with E-state index < -0.39 is 5.56 Å². The maximum atomic E-state index is 8.77. The summed E-state index contributed by atoms with van der Waals surface area (Å²) in [5, 5.41) is 8.77. The summed E-state index contributed by atoms with van der Waals surface area (Å²) in [5.41, 5.74) is -0.867. The van der Waals surface area contributed by atoms with Gasteiger partial charge in [-0.2, -0.15) is 0 Å². The number of ether oxygens (including phenoxy) is 1. The molecule has 0 aromatic heterocycles. The molecule has 1 heterocycles. The largest absolute Gasteiger partial charge is 0.380 e. The molecule has 1 fully saturated rings. The summed E-state index contributed by atoms with van der Waals surface area (Å²) in [6.45, 7) is 2.47. The zero-order valence-corrected chi connectivity index (χ0v) is 8.57. The van der Waals surface area contributed by atoms with E-state index >= 15 is 0 Å². The van der Waals surface area contributed by atoms with Crippen LogP contribution < -0.4 is 0 Å². The smallest absolute Gasteiger partial charge is 0.146 e. The number of halogens is 1. The summed E-state index contributed by atoms with van der Waals surface area (Å²) >= 11 is 5.35. The zero-order chi connectivity index (χ0) is 9.68. The van der Waals surface area contributed by atoms with Crippen molar-refractivity contribution in [1.82, 2.24) is 4.90 Å². The number of hydrogen-bond donors (Lipinski definition) is 1. The van der Waals surface area contributed by atoms with Crippen molar-refractivity contribution < 1.29 is 9.84 Å². The maximum Gasteiger partial charge on any atom is 0.146 e. The Morgan fingerprint density at radius 3 is 3.08 bits per heavy atom. The first kappa shape index (κ1) is 11.0. The van der Waals surface area contributed by atoms with E-state index in [-0.39, 0.29) is 0 Å². The van der Waals surface area contributed by atoms with Gasteiger partial charge in [-0.3, -0.25) is 4.90 Å². The number of aliphatic hydroxyl groups excluding tert-OH is 1. The molecule has 0 aromatic rings. The highest BCUT2D eigenvalue weighted by Crippen LogP contribution is 2.10. The lowest BCUT2D eigenvalue weighted by molar-refractivity contribution is 0.164. The zero-order valence-electron chi connectivity index (χ0n) is 7.82. The Hall–Kier alpha value is -0.0900. The van der Waals surface area contributed by atoms with Gasteiger partial charge in [0.25, 0.3) is 0 Å². The molecule has 0 radical (unpaired) electrons. The molecule has 1 N–H and O–H groups in total. The van der Waals surface area contributed by atoms with Crippen LogP contribution in [0.4, 0.5) is 0 Å². The third kappa shape index (κ3) is 4.09. The molecular weight excluding hydrogens is 190 g/mol. The van der Waals surface area contributed by atoms with Crippen LogP contribution in [0.2, 0.25) is 0 Å². The van der Waals surface area contributed by atoms with E-state index in [0.717, 1.165) is 26.2 Å². The predicted octanol–water partition coefficient (Wildman–Crippen LogP) is 0.821. The van der Waals surface area contributed by atoms with Gasteiger partial charge in [-0.1, -0.05) is 17.7 Å². The van der Waals surface area contributed by atoms with Crippen LogP contribution in [-0.4, -0.2) is 48.4 Å². The van der Waals surface area contributed by atoms with Crippen molar-refractivity contribution in [2.75, 3.05) is 26.8 Å². The van der Waals surface area contributed by atoms with Crippen LogP contribution >= 0.6 is 11.6 Å². The second kappa shape index (κ2) is 5.60. The van der Waals surface area contributed by atoms with E-state index in [4.69, 9.17) is 21.4 Å². The molecular formula is C9H16ClNO2. The van der Waals surface area contributed by atoms with Crippen LogP contribution in [0.25, 0.3) is 0 Å². The summed E-state index contributed by atoms with van der Waals surface area (Å²) in [5.74, 6) is 0. The Morgan fingerprint density at radius 2 is 2.54 bits per heavy atom. The molecule has 4 heteroatoms. The summed E-state index contributed by atoms with van der Waals surface area (Å²) < 4.78 is 5.26. The Balaban J connectivity index is 2.20. The summed E-state index contributed by atoms with van der Waals surface area (Å²) in [6, 6.07) is 0.511. The molecule has 0 amide bonds. The van der Waals surface area contributed by atoms with E-state index in [1.165, 1.54) is 0 Å². The van der Waals surface area contributed by atoms with Crippen LogP contribution in [-0.2, 0) is 4.74 Å². The fourth-order valence-electron chi connectivity index (χ4n) is 1.36. The molecule has 1 aliphatic rings. The lowest BCUT2D eigenvalue weighted by Crippen LogP contribution is -2.32. The van der Waals surface area contributed by atoms with Crippen molar-refractivity contribution >= 4 is 11.6 Å². The first-order chi connectivity index (χ1) is 6.20. The summed E-state index contributed by atoms with van der Waals surface area (Å²) in [7, 11) is 2.05. The monoisotopic (exact) mass is 205 g/mol. The first-order valence-electron chi connectivity index (χ1n) is 4.47. The van der Waals surface area contributed by atoms with E-state index in [2.05, 4.69) is 4.90 Å². The molecule has 1 saturated heterocycles. The van der Waals surface area contributed by atoms with E-state index in [1.807, 2.05) is 13.1 Å². The SMILES string of the molecule is CN(CC=CC(O)Cl)C1CCOC1. The quantitative estimate of drug-likeness (QED) is 0.545. The first-order valence-corrected chi connectivity index (χ1v) is 4.90. The minimum atomic E-state index is -0.867. The number of hydrogen-bond acceptors (Lipinski definition) is 3. The Kier molecular flexibility index (Phi) is 4.73. The van der Waals surface area contributed by atoms with Crippen LogP contribution in [0.15, 0.2) is 12.2 Å². The van der Waals surface area contributed by atoms with Gasteiger partial charge >= 0.3 is 0 Å². The third-order valence-electron chi connectivity index (χ3n) is 2.22. The second-order valence-corrected chi connectivity index (χ2v) is 3.70. The third-order valence-corrected chi connectivity index (χ3v) is 2.36. The van der Waals surface area contributed by atoms with Crippen molar-refractivity contribution in [3.63, 3.8) is 0 Å². The van der Waals surface area contributed by atoms with Crippen molar-refractivity contribution in [2.45, 2.75) is 18.0 Å². The van der Waals surface area contributed by atoms with Crippen LogP contribution in [0.3, 0.4) is 0 Å². The van der Waals surface area contributed by atoms with Crippen LogP contribution in [0.5, 0.6) is 0 Å². The molecule has 0 bridgehead atoms. The van der Waals surface area contributed by atoms with Crippen molar-refractivity contribution in [2.24, 2.45) is 0 Å². The number of rotatable bonds is 4. The normalized spacial score (nSPS) is 26.0. The fourth-order valence-corrected chi connectivity index (χ4v) is 1.46. The van der Waals surface area contributed by atoms with Gasteiger partial charge in [0.05, 0.1) is 6.61 Å². The average Bonchev–Trinajstić information content (AvgIpc) is 2.55. The molecule has 0 aromatic carbocycles. The minimum Gasteiger partial charge on any atom is -0.380 e. The van der Waals surface area contributed by atoms with Gasteiger partial charge in [0.2, 0.25) is 0 Å². The number of nitrogens with zero attached hydrogens (tertiary/aromatic N) is 1. The Morgan fingerprint density at radius 1 is 1.77 bits per heavy atom. The molecule has 13 heavy (non-hydrogen) atoms. The van der Waals surface area contributed by atoms with Crippen LogP contribution in [0.1, 0.15) is 6.42 Å². The highest BCUT2D eigenvalue weighted by atomic mass is 35.5. The van der Waals surface area contributed by atoms with E-state index in [1.54, 1.807) is 6.08 Å². The fraction of sp³-hybridized carbons (Fsp3) is 0.778. The molecule has 76 valence electrons. The molecule has 1 rings (SSSR count). The summed E-state index contributed by atoms with van der Waals surface area (Å²) in [6.07, 6.45) is 4.54. The van der Waals surface area contributed by atoms with Gasteiger partial charge in [0, 0.05) is 19.2 Å². The van der Waals surface area contributed by atoms with E-state index in [0.29, 0.717) is 6.04 Å². The van der Waals surface area contributed by atoms with Gasteiger partial charge in [0.15, 0.2) is 0 Å². The van der Waals surface area contributed by atoms with Gasteiger partial charge < -0.3 is 9.84 Å². The molecule has 0 aliphatic carbocycles. The van der Waals surface area contributed by atoms with Gasteiger partial charge in [-0.05, 0) is 19.5 Å². The van der Waals surface area contributed by atoms with E-state index in [9.17, 15) is 0 Å². The Bertz CT molecular complexity index is 167. The molecule has 2 unspecified atom stereocenters. The molecule has 1 aliphatic heterocycles. The van der Waals surface area contributed by atoms with Gasteiger partial charge in [-0.15, -0.1) is 0 Å². The lowest BCUT2D eigenvalue weighted by atomic mass is 10.2. The highest BCUT2D eigenvalue weighted by molar-refractivity contribution is 6.20. The van der Waals surface area contributed by atoms with Crippen molar-refractivity contribution in [3.8, 4) is 0 Å². The second-order valence-electron chi connectivity index (χ2n) is 3.26. The lowest BCUT2D eigenvalue weighted by Gasteiger charge is -2.20. The van der Waals surface area contributed by atoms with Gasteiger partial charge in [0.1, 0.15) is 5.56 Å². The van der Waals surface area contributed by atoms with Crippen molar-refractivity contribution in [1.29, 1.82) is 0 Å². The molecule has 3 nitrogen and oxygen atoms in total. The minimum absolute atomic E-state index is 0.511. The standard InChI is InChI=1S/C9H16ClNO2/c1-11(5-2-3-9(10)12)8-4-6-13-7-8/h2-3,8-9,12H,4-7H2,1H3. The molecule has 2 atom stereocenters. The average molecular weight is 206 g/mol. The highest BCUT2D eigenvalue weighted by Gasteiger charge is 2.18. The predicted molar refractivity (Wildman–Crippen MR) is 52.9 cm³/mol. The van der Waals surface area contributed by atoms with Crippen molar-refractivity contribution in [3.05, 3.63) is 12.2 Å². The molecule has 0 spiro atoms. The summed E-state index contributed by atoms with van der Waals surface area (Å²) in [4.78, 5) is 2.20. The maximum absolute atomic E-state index is 8.77. The number of aliphatic hydroxyl groups is 1. The van der Waals surface area contributed by atoms with Crippen LogP contribution in [0, 0.1) is 0 Å². The molecule has 0 saturated carbocycles. The number of likely N-dealkylation sites (N-methyl/N-ethyl adjacent to an activating group) is 1.